The predicted molar refractivity (Wildman–Crippen MR) is 62.8 cm³/mol. The van der Waals surface area contributed by atoms with Crippen LogP contribution in [0, 0.1) is 0 Å². The van der Waals surface area contributed by atoms with E-state index in [2.05, 4.69) is 21.2 Å². The standard InChI is InChI=1S/C11H10BrNO3/c12-8-3-1-2-4-9(8)13-11(14)10-7-15-5-6-16-10/h1-4,7H,5-6H2,(H,13,14). The Bertz CT molecular complexity index is 431. The number of benzene rings is 1. The van der Waals surface area contributed by atoms with Gasteiger partial charge in [-0.15, -0.1) is 0 Å². The molecule has 0 unspecified atom stereocenters. The molecule has 0 spiro atoms. The summed E-state index contributed by atoms with van der Waals surface area (Å²) in [5, 5.41) is 2.72. The molecule has 0 saturated heterocycles. The molecule has 4 nitrogen and oxygen atoms in total. The zero-order valence-corrected chi connectivity index (χ0v) is 9.99. The van der Waals surface area contributed by atoms with Crippen LogP contribution < -0.4 is 5.32 Å². The number of hydrogen-bond acceptors (Lipinski definition) is 3. The van der Waals surface area contributed by atoms with Gasteiger partial charge in [0.15, 0.2) is 0 Å². The Kier molecular flexibility index (Phi) is 3.46. The Morgan fingerprint density at radius 1 is 1.31 bits per heavy atom. The summed E-state index contributed by atoms with van der Waals surface area (Å²) in [5.41, 5.74) is 0.697. The molecule has 0 radical (unpaired) electrons. The highest BCUT2D eigenvalue weighted by atomic mass is 79.9. The van der Waals surface area contributed by atoms with Crippen molar-refractivity contribution < 1.29 is 14.3 Å². The lowest BCUT2D eigenvalue weighted by molar-refractivity contribution is -0.117. The third-order valence-electron chi connectivity index (χ3n) is 1.99. The second-order valence-electron chi connectivity index (χ2n) is 3.14. The summed E-state index contributed by atoms with van der Waals surface area (Å²) in [7, 11) is 0. The van der Waals surface area contributed by atoms with E-state index in [0.717, 1.165) is 4.47 Å². The minimum atomic E-state index is -0.313. The summed E-state index contributed by atoms with van der Waals surface area (Å²) in [5.74, 6) is -0.117. The summed E-state index contributed by atoms with van der Waals surface area (Å²) >= 11 is 3.34. The topological polar surface area (TPSA) is 47.6 Å². The van der Waals surface area contributed by atoms with Gasteiger partial charge in [-0.05, 0) is 28.1 Å². The van der Waals surface area contributed by atoms with E-state index in [1.807, 2.05) is 18.2 Å². The zero-order valence-electron chi connectivity index (χ0n) is 8.40. The maximum atomic E-state index is 11.7. The average Bonchev–Trinajstić information content (AvgIpc) is 2.33. The number of amides is 1. The van der Waals surface area contributed by atoms with Gasteiger partial charge in [-0.1, -0.05) is 12.1 Å². The van der Waals surface area contributed by atoms with Crippen LogP contribution >= 0.6 is 15.9 Å². The Hall–Kier alpha value is -1.49. The Morgan fingerprint density at radius 2 is 2.12 bits per heavy atom. The van der Waals surface area contributed by atoms with Crippen LogP contribution in [0.1, 0.15) is 0 Å². The van der Waals surface area contributed by atoms with Gasteiger partial charge in [0.2, 0.25) is 5.76 Å². The fourth-order valence-corrected chi connectivity index (χ4v) is 1.62. The molecule has 0 fully saturated rings. The Labute approximate surface area is 101 Å². The highest BCUT2D eigenvalue weighted by Crippen LogP contribution is 2.22. The number of anilines is 1. The molecule has 16 heavy (non-hydrogen) atoms. The van der Waals surface area contributed by atoms with Crippen LogP contribution in [-0.2, 0) is 14.3 Å². The molecule has 0 atom stereocenters. The van der Waals surface area contributed by atoms with Gasteiger partial charge in [-0.3, -0.25) is 4.79 Å². The van der Waals surface area contributed by atoms with Gasteiger partial charge >= 0.3 is 0 Å². The van der Waals surface area contributed by atoms with E-state index in [0.29, 0.717) is 18.9 Å². The number of rotatable bonds is 2. The fraction of sp³-hybridized carbons (Fsp3) is 0.182. The number of ether oxygens (including phenoxy) is 2. The molecule has 1 amide bonds. The molecular weight excluding hydrogens is 274 g/mol. The highest BCUT2D eigenvalue weighted by Gasteiger charge is 2.15. The van der Waals surface area contributed by atoms with Crippen molar-refractivity contribution >= 4 is 27.5 Å². The van der Waals surface area contributed by atoms with E-state index in [4.69, 9.17) is 9.47 Å². The summed E-state index contributed by atoms with van der Waals surface area (Å²) in [6.45, 7) is 0.876. The van der Waals surface area contributed by atoms with Crippen molar-refractivity contribution in [2.24, 2.45) is 0 Å². The number of hydrogen-bond donors (Lipinski definition) is 1. The largest absolute Gasteiger partial charge is 0.494 e. The normalized spacial score (nSPS) is 14.4. The minimum Gasteiger partial charge on any atom is -0.494 e. The van der Waals surface area contributed by atoms with Crippen LogP contribution in [0.25, 0.3) is 0 Å². The first-order chi connectivity index (χ1) is 7.77. The lowest BCUT2D eigenvalue weighted by atomic mass is 10.3. The van der Waals surface area contributed by atoms with E-state index in [1.54, 1.807) is 6.07 Å². The van der Waals surface area contributed by atoms with E-state index < -0.39 is 0 Å². The second-order valence-corrected chi connectivity index (χ2v) is 3.99. The van der Waals surface area contributed by atoms with Gasteiger partial charge in [-0.2, -0.15) is 0 Å². The van der Waals surface area contributed by atoms with Crippen LogP contribution in [0.5, 0.6) is 0 Å². The first-order valence-corrected chi connectivity index (χ1v) is 5.57. The van der Waals surface area contributed by atoms with Crippen molar-refractivity contribution in [3.8, 4) is 0 Å². The quantitative estimate of drug-likeness (QED) is 0.906. The van der Waals surface area contributed by atoms with Gasteiger partial charge in [-0.25, -0.2) is 0 Å². The molecule has 1 N–H and O–H groups in total. The van der Waals surface area contributed by atoms with Crippen molar-refractivity contribution in [3.05, 3.63) is 40.8 Å². The van der Waals surface area contributed by atoms with Gasteiger partial charge in [0, 0.05) is 4.47 Å². The van der Waals surface area contributed by atoms with Crippen LogP contribution in [0.3, 0.4) is 0 Å². The van der Waals surface area contributed by atoms with E-state index >= 15 is 0 Å². The molecule has 0 bridgehead atoms. The summed E-state index contributed by atoms with van der Waals surface area (Å²) in [6.07, 6.45) is 1.33. The lowest BCUT2D eigenvalue weighted by Gasteiger charge is -2.15. The number of carbonyl (C=O) groups excluding carboxylic acids is 1. The molecule has 0 saturated carbocycles. The third-order valence-corrected chi connectivity index (χ3v) is 2.69. The van der Waals surface area contributed by atoms with Crippen molar-refractivity contribution in [2.45, 2.75) is 0 Å². The van der Waals surface area contributed by atoms with E-state index in [-0.39, 0.29) is 11.7 Å². The second kappa shape index (κ2) is 5.03. The summed E-state index contributed by atoms with van der Waals surface area (Å²) < 4.78 is 11.0. The number of nitrogens with one attached hydrogen (secondary N) is 1. The van der Waals surface area contributed by atoms with Gasteiger partial charge in [0.1, 0.15) is 19.5 Å². The van der Waals surface area contributed by atoms with E-state index in [9.17, 15) is 4.79 Å². The first-order valence-electron chi connectivity index (χ1n) is 4.78. The molecule has 0 aromatic heterocycles. The van der Waals surface area contributed by atoms with Crippen LogP contribution in [0.4, 0.5) is 5.69 Å². The monoisotopic (exact) mass is 283 g/mol. The third kappa shape index (κ3) is 2.55. The van der Waals surface area contributed by atoms with Crippen molar-refractivity contribution in [1.29, 1.82) is 0 Å². The number of carbonyl (C=O) groups is 1. The van der Waals surface area contributed by atoms with Crippen LogP contribution in [0.2, 0.25) is 0 Å². The molecule has 5 heteroatoms. The predicted octanol–water partition coefficient (Wildman–Crippen LogP) is 2.28. The van der Waals surface area contributed by atoms with Crippen molar-refractivity contribution in [3.63, 3.8) is 0 Å². The number of halogens is 1. The fourth-order valence-electron chi connectivity index (χ4n) is 1.23. The zero-order chi connectivity index (χ0) is 11.4. The highest BCUT2D eigenvalue weighted by molar-refractivity contribution is 9.10. The Balaban J connectivity index is 2.07. The molecule has 1 heterocycles. The SMILES string of the molecule is O=C(Nc1ccccc1Br)C1=COCCO1. The van der Waals surface area contributed by atoms with Gasteiger partial charge in [0.25, 0.3) is 5.91 Å². The minimum absolute atomic E-state index is 0.196. The molecule has 84 valence electrons. The van der Waals surface area contributed by atoms with Crippen molar-refractivity contribution in [1.82, 2.24) is 0 Å². The Morgan fingerprint density at radius 3 is 2.81 bits per heavy atom. The smallest absolute Gasteiger partial charge is 0.294 e. The maximum Gasteiger partial charge on any atom is 0.294 e. The lowest BCUT2D eigenvalue weighted by Crippen LogP contribution is -2.21. The average molecular weight is 284 g/mol. The van der Waals surface area contributed by atoms with Gasteiger partial charge in [0.05, 0.1) is 5.69 Å². The van der Waals surface area contributed by atoms with Crippen LogP contribution in [0.15, 0.2) is 40.8 Å². The molecule has 1 aromatic rings. The molecule has 1 aliphatic heterocycles. The molecule has 0 aliphatic carbocycles. The molecule has 1 aromatic carbocycles. The number of para-hydroxylation sites is 1. The summed E-state index contributed by atoms with van der Waals surface area (Å²) in [6, 6.07) is 7.36. The molecule has 1 aliphatic rings. The van der Waals surface area contributed by atoms with E-state index in [1.165, 1.54) is 6.26 Å². The molecular formula is C11H10BrNO3. The van der Waals surface area contributed by atoms with Crippen LogP contribution in [-0.4, -0.2) is 19.1 Å². The molecule has 2 rings (SSSR count). The van der Waals surface area contributed by atoms with Gasteiger partial charge < -0.3 is 14.8 Å². The van der Waals surface area contributed by atoms with Crippen molar-refractivity contribution in [2.75, 3.05) is 18.5 Å². The summed E-state index contributed by atoms with van der Waals surface area (Å²) in [4.78, 5) is 11.7. The maximum absolute atomic E-state index is 11.7. The first kappa shape index (κ1) is 11.0.